The van der Waals surface area contributed by atoms with Crippen LogP contribution in [0.15, 0.2) is 30.3 Å². The molecule has 0 aliphatic carbocycles. The van der Waals surface area contributed by atoms with Gasteiger partial charge in [-0.25, -0.2) is 0 Å². The summed E-state index contributed by atoms with van der Waals surface area (Å²) in [6.07, 6.45) is 0.833. The smallest absolute Gasteiger partial charge is 0.150 e. The summed E-state index contributed by atoms with van der Waals surface area (Å²) in [7, 11) is 2.06. The first kappa shape index (κ1) is 16.8. The molecule has 0 unspecified atom stereocenters. The van der Waals surface area contributed by atoms with Crippen molar-refractivity contribution in [3.05, 3.63) is 35.9 Å². The fourth-order valence-electron chi connectivity index (χ4n) is 1.33. The van der Waals surface area contributed by atoms with Crippen LogP contribution in [-0.4, -0.2) is 54.7 Å². The molecule has 4 heteroatoms. The molecule has 1 saturated heterocycles. The Kier molecular flexibility index (Phi) is 10.2. The lowest BCUT2D eigenvalue weighted by atomic mass is 10.2. The number of nitrogens with zero attached hydrogens (tertiary/aromatic N) is 2. The number of benzene rings is 1. The van der Waals surface area contributed by atoms with Crippen LogP contribution < -0.4 is 0 Å². The Morgan fingerprint density at radius 3 is 1.89 bits per heavy atom. The van der Waals surface area contributed by atoms with Gasteiger partial charge in [-0.2, -0.15) is 5.06 Å². The second kappa shape index (κ2) is 10.9. The summed E-state index contributed by atoms with van der Waals surface area (Å²) in [5.41, 5.74) is 0.729. The SMILES string of the molecule is CC.CN1CCN(O)CC1.O=Cc1ccccc1. The van der Waals surface area contributed by atoms with E-state index in [2.05, 4.69) is 11.9 Å². The van der Waals surface area contributed by atoms with E-state index in [-0.39, 0.29) is 0 Å². The van der Waals surface area contributed by atoms with E-state index in [0.29, 0.717) is 0 Å². The summed E-state index contributed by atoms with van der Waals surface area (Å²) < 4.78 is 0. The number of carbonyl (C=O) groups excluding carboxylic acids is 1. The standard InChI is InChI=1S/C7H6O.C5H12N2O.C2H6/c8-6-7-4-2-1-3-5-7;1-6-2-4-7(8)5-3-6;1-2/h1-6H;8H,2-5H2,1H3;1-2H3. The van der Waals surface area contributed by atoms with Crippen LogP contribution in [-0.2, 0) is 0 Å². The second-order valence-electron chi connectivity index (χ2n) is 3.79. The lowest BCUT2D eigenvalue weighted by molar-refractivity contribution is -0.114. The molecular weight excluding hydrogens is 228 g/mol. The van der Waals surface area contributed by atoms with Crippen LogP contribution >= 0.6 is 0 Å². The third kappa shape index (κ3) is 7.95. The summed E-state index contributed by atoms with van der Waals surface area (Å²) in [6.45, 7) is 7.54. The van der Waals surface area contributed by atoms with E-state index in [1.807, 2.05) is 32.0 Å². The molecule has 0 atom stereocenters. The highest BCUT2D eigenvalue weighted by molar-refractivity contribution is 5.74. The Hall–Kier alpha value is -1.23. The zero-order chi connectivity index (χ0) is 13.8. The van der Waals surface area contributed by atoms with Crippen LogP contribution in [0.1, 0.15) is 24.2 Å². The number of hydrogen-bond donors (Lipinski definition) is 1. The molecule has 1 N–H and O–H groups in total. The van der Waals surface area contributed by atoms with Gasteiger partial charge in [0.05, 0.1) is 0 Å². The maximum atomic E-state index is 10.0. The first-order valence-corrected chi connectivity index (χ1v) is 6.35. The zero-order valence-corrected chi connectivity index (χ0v) is 11.5. The monoisotopic (exact) mass is 252 g/mol. The van der Waals surface area contributed by atoms with Crippen LogP contribution in [0.3, 0.4) is 0 Å². The average molecular weight is 252 g/mol. The van der Waals surface area contributed by atoms with Gasteiger partial charge in [-0.05, 0) is 7.05 Å². The van der Waals surface area contributed by atoms with Crippen molar-refractivity contribution in [2.24, 2.45) is 0 Å². The number of hydrogen-bond acceptors (Lipinski definition) is 4. The van der Waals surface area contributed by atoms with Gasteiger partial charge >= 0.3 is 0 Å². The minimum Gasteiger partial charge on any atom is -0.314 e. The van der Waals surface area contributed by atoms with Gasteiger partial charge in [0.2, 0.25) is 0 Å². The lowest BCUT2D eigenvalue weighted by Crippen LogP contribution is -2.42. The molecule has 1 aliphatic heterocycles. The lowest BCUT2D eigenvalue weighted by Gasteiger charge is -2.27. The molecule has 0 bridgehead atoms. The number of likely N-dealkylation sites (N-methyl/N-ethyl adjacent to an activating group) is 1. The van der Waals surface area contributed by atoms with Gasteiger partial charge in [0.15, 0.2) is 0 Å². The number of carbonyl (C=O) groups is 1. The van der Waals surface area contributed by atoms with Gasteiger partial charge < -0.3 is 10.1 Å². The number of aldehydes is 1. The molecule has 1 aromatic rings. The molecule has 18 heavy (non-hydrogen) atoms. The summed E-state index contributed by atoms with van der Waals surface area (Å²) in [4.78, 5) is 12.2. The highest BCUT2D eigenvalue weighted by Crippen LogP contribution is 1.93. The predicted octanol–water partition coefficient (Wildman–Crippen LogP) is 2.15. The van der Waals surface area contributed by atoms with Crippen molar-refractivity contribution in [3.8, 4) is 0 Å². The predicted molar refractivity (Wildman–Crippen MR) is 74.0 cm³/mol. The van der Waals surface area contributed by atoms with Crippen LogP contribution in [0.25, 0.3) is 0 Å². The number of piperazine rings is 1. The van der Waals surface area contributed by atoms with Gasteiger partial charge in [-0.3, -0.25) is 4.79 Å². The molecule has 1 heterocycles. The Morgan fingerprint density at radius 2 is 1.56 bits per heavy atom. The topological polar surface area (TPSA) is 43.8 Å². The van der Waals surface area contributed by atoms with Crippen molar-refractivity contribution in [3.63, 3.8) is 0 Å². The average Bonchev–Trinajstić information content (AvgIpc) is 2.46. The third-order valence-electron chi connectivity index (χ3n) is 2.42. The van der Waals surface area contributed by atoms with Crippen molar-refractivity contribution >= 4 is 6.29 Å². The second-order valence-corrected chi connectivity index (χ2v) is 3.79. The van der Waals surface area contributed by atoms with Gasteiger partial charge in [0.25, 0.3) is 0 Å². The Morgan fingerprint density at radius 1 is 1.06 bits per heavy atom. The fraction of sp³-hybridized carbons (Fsp3) is 0.500. The van der Waals surface area contributed by atoms with Crippen LogP contribution in [0.2, 0.25) is 0 Å². The maximum absolute atomic E-state index is 10.0. The quantitative estimate of drug-likeness (QED) is 0.778. The molecule has 1 fully saturated rings. The largest absolute Gasteiger partial charge is 0.314 e. The molecule has 1 aliphatic rings. The van der Waals surface area contributed by atoms with Crippen molar-refractivity contribution in [1.82, 2.24) is 9.96 Å². The van der Waals surface area contributed by atoms with E-state index in [1.165, 1.54) is 5.06 Å². The van der Waals surface area contributed by atoms with E-state index in [4.69, 9.17) is 5.21 Å². The van der Waals surface area contributed by atoms with E-state index in [0.717, 1.165) is 38.0 Å². The molecule has 0 saturated carbocycles. The Labute approximate surface area is 110 Å². The molecule has 0 spiro atoms. The zero-order valence-electron chi connectivity index (χ0n) is 11.5. The third-order valence-corrected chi connectivity index (χ3v) is 2.42. The van der Waals surface area contributed by atoms with Crippen LogP contribution in [0, 0.1) is 0 Å². The first-order chi connectivity index (χ1) is 8.72. The highest BCUT2D eigenvalue weighted by atomic mass is 16.5. The summed E-state index contributed by atoms with van der Waals surface area (Å²) in [5.74, 6) is 0. The van der Waals surface area contributed by atoms with Gasteiger partial charge in [-0.15, -0.1) is 0 Å². The molecule has 102 valence electrons. The molecule has 0 aromatic heterocycles. The minimum absolute atomic E-state index is 0.729. The van der Waals surface area contributed by atoms with Crippen molar-refractivity contribution in [2.75, 3.05) is 33.2 Å². The van der Waals surface area contributed by atoms with Crippen molar-refractivity contribution in [1.29, 1.82) is 0 Å². The van der Waals surface area contributed by atoms with E-state index >= 15 is 0 Å². The summed E-state index contributed by atoms with van der Waals surface area (Å²) in [6, 6.07) is 9.10. The van der Waals surface area contributed by atoms with Crippen molar-refractivity contribution < 1.29 is 10.0 Å². The molecule has 1 aromatic carbocycles. The molecule has 4 nitrogen and oxygen atoms in total. The van der Waals surface area contributed by atoms with Gasteiger partial charge in [0, 0.05) is 31.7 Å². The maximum Gasteiger partial charge on any atom is 0.150 e. The Bertz CT molecular complexity index is 286. The number of rotatable bonds is 1. The molecular formula is C14H24N2O2. The van der Waals surface area contributed by atoms with E-state index in [9.17, 15) is 4.79 Å². The van der Waals surface area contributed by atoms with Crippen molar-refractivity contribution in [2.45, 2.75) is 13.8 Å². The van der Waals surface area contributed by atoms with E-state index < -0.39 is 0 Å². The highest BCUT2D eigenvalue weighted by Gasteiger charge is 2.09. The molecule has 0 amide bonds. The van der Waals surface area contributed by atoms with Crippen LogP contribution in [0.4, 0.5) is 0 Å². The fourth-order valence-corrected chi connectivity index (χ4v) is 1.33. The summed E-state index contributed by atoms with van der Waals surface area (Å²) >= 11 is 0. The minimum atomic E-state index is 0.729. The van der Waals surface area contributed by atoms with E-state index in [1.54, 1.807) is 12.1 Å². The first-order valence-electron chi connectivity index (χ1n) is 6.35. The normalized spacial score (nSPS) is 15.8. The number of hydroxylamine groups is 2. The molecule has 0 radical (unpaired) electrons. The van der Waals surface area contributed by atoms with Crippen LogP contribution in [0.5, 0.6) is 0 Å². The van der Waals surface area contributed by atoms with Gasteiger partial charge in [0.1, 0.15) is 6.29 Å². The van der Waals surface area contributed by atoms with Gasteiger partial charge in [-0.1, -0.05) is 44.2 Å². The Balaban J connectivity index is 0.000000283. The molecule has 2 rings (SSSR count). The summed E-state index contributed by atoms with van der Waals surface area (Å²) in [5, 5.41) is 10.2.